The number of pyridine rings is 1. The molecule has 0 aromatic carbocycles. The number of hydrogen-bond donors (Lipinski definition) is 1. The molecule has 4 rings (SSSR count). The highest BCUT2D eigenvalue weighted by Crippen LogP contribution is 2.24. The molecule has 3 aromatic heterocycles. The Kier molecular flexibility index (Phi) is 3.08. The lowest BCUT2D eigenvalue weighted by molar-refractivity contribution is 0.448. The number of rotatable bonds is 2. The highest BCUT2D eigenvalue weighted by molar-refractivity contribution is 5.55. The number of aromatic nitrogens is 5. The fraction of sp³-hybridized carbons (Fsp3) is 0.333. The van der Waals surface area contributed by atoms with E-state index in [9.17, 15) is 0 Å². The lowest BCUT2D eigenvalue weighted by Gasteiger charge is -2.22. The van der Waals surface area contributed by atoms with E-state index in [4.69, 9.17) is 0 Å². The molecule has 0 radical (unpaired) electrons. The molecule has 1 unspecified atom stereocenters. The summed E-state index contributed by atoms with van der Waals surface area (Å²) in [5, 5.41) is 8.09. The third-order valence-corrected chi connectivity index (χ3v) is 3.92. The second-order valence-electron chi connectivity index (χ2n) is 5.30. The molecule has 1 aliphatic rings. The number of nitrogens with zero attached hydrogens (tertiary/aromatic N) is 5. The molecule has 0 aliphatic carbocycles. The number of fused-ring (bicyclic) bond motifs is 1. The van der Waals surface area contributed by atoms with Crippen LogP contribution in [0.2, 0.25) is 0 Å². The van der Waals surface area contributed by atoms with Gasteiger partial charge in [0.2, 0.25) is 0 Å². The van der Waals surface area contributed by atoms with Crippen LogP contribution >= 0.6 is 0 Å². The van der Waals surface area contributed by atoms with Gasteiger partial charge in [-0.05, 0) is 37.6 Å². The van der Waals surface area contributed by atoms with Crippen LogP contribution < -0.4 is 5.32 Å². The summed E-state index contributed by atoms with van der Waals surface area (Å²) in [5.74, 6) is 1.82. The predicted octanol–water partition coefficient (Wildman–Crippen LogP) is 1.65. The van der Waals surface area contributed by atoms with E-state index in [-0.39, 0.29) is 0 Å². The second kappa shape index (κ2) is 5.21. The van der Waals surface area contributed by atoms with Gasteiger partial charge in [-0.3, -0.25) is 4.98 Å². The Bertz CT molecular complexity index is 745. The van der Waals surface area contributed by atoms with Crippen molar-refractivity contribution in [3.05, 3.63) is 42.5 Å². The molecular weight excluding hydrogens is 264 g/mol. The molecule has 0 bridgehead atoms. The van der Waals surface area contributed by atoms with Gasteiger partial charge in [-0.1, -0.05) is 0 Å². The fourth-order valence-corrected chi connectivity index (χ4v) is 2.85. The minimum Gasteiger partial charge on any atom is -0.316 e. The zero-order valence-corrected chi connectivity index (χ0v) is 11.6. The second-order valence-corrected chi connectivity index (χ2v) is 5.30. The predicted molar refractivity (Wildman–Crippen MR) is 78.9 cm³/mol. The van der Waals surface area contributed by atoms with Crippen LogP contribution in [0.15, 0.2) is 36.8 Å². The molecule has 106 valence electrons. The first-order valence-corrected chi connectivity index (χ1v) is 7.24. The molecule has 0 amide bonds. The van der Waals surface area contributed by atoms with Gasteiger partial charge < -0.3 is 5.32 Å². The Morgan fingerprint density at radius 1 is 1.14 bits per heavy atom. The summed E-state index contributed by atoms with van der Waals surface area (Å²) in [6.07, 6.45) is 7.70. The van der Waals surface area contributed by atoms with Crippen LogP contribution in [0.3, 0.4) is 0 Å². The van der Waals surface area contributed by atoms with E-state index in [1.165, 1.54) is 18.5 Å². The van der Waals surface area contributed by atoms with Gasteiger partial charge in [-0.2, -0.15) is 4.98 Å². The summed E-state index contributed by atoms with van der Waals surface area (Å²) >= 11 is 0. The highest BCUT2D eigenvalue weighted by Gasteiger charge is 2.19. The third kappa shape index (κ3) is 2.27. The minimum atomic E-state index is 0.469. The number of hydrogen-bond acceptors (Lipinski definition) is 5. The zero-order chi connectivity index (χ0) is 14.1. The summed E-state index contributed by atoms with van der Waals surface area (Å²) in [5.41, 5.74) is 2.14. The largest absolute Gasteiger partial charge is 0.316 e. The molecular formula is C15H16N6. The Balaban J connectivity index is 1.80. The lowest BCUT2D eigenvalue weighted by atomic mass is 9.96. The first-order valence-electron chi connectivity index (χ1n) is 7.24. The average molecular weight is 280 g/mol. The van der Waals surface area contributed by atoms with Crippen molar-refractivity contribution in [2.75, 3.05) is 13.1 Å². The standard InChI is InChI=1S/C15H16N6/c1-2-12(10-17-6-1)13-5-9-18-15-19-14(20-21(13)15)11-3-7-16-8-4-11/h3-5,7-9,12,17H,1-2,6,10H2. The van der Waals surface area contributed by atoms with E-state index in [1.54, 1.807) is 12.4 Å². The molecule has 6 heteroatoms. The van der Waals surface area contributed by atoms with Crippen LogP contribution in [0, 0.1) is 0 Å². The molecule has 6 nitrogen and oxygen atoms in total. The summed E-state index contributed by atoms with van der Waals surface area (Å²) in [6.45, 7) is 2.09. The average Bonchev–Trinajstić information content (AvgIpc) is 3.00. The van der Waals surface area contributed by atoms with Crippen LogP contribution in [0.25, 0.3) is 17.2 Å². The van der Waals surface area contributed by atoms with Crippen molar-refractivity contribution in [1.29, 1.82) is 0 Å². The monoisotopic (exact) mass is 280 g/mol. The van der Waals surface area contributed by atoms with Gasteiger partial charge in [0.05, 0.1) is 5.69 Å². The van der Waals surface area contributed by atoms with Crippen molar-refractivity contribution < 1.29 is 0 Å². The molecule has 3 aromatic rings. The normalized spacial score (nSPS) is 19.0. The molecule has 1 aliphatic heterocycles. The van der Waals surface area contributed by atoms with Gasteiger partial charge in [0.1, 0.15) is 0 Å². The van der Waals surface area contributed by atoms with Gasteiger partial charge in [-0.15, -0.1) is 5.10 Å². The summed E-state index contributed by atoms with van der Waals surface area (Å²) < 4.78 is 1.88. The van der Waals surface area contributed by atoms with Crippen LogP contribution in [0.1, 0.15) is 24.5 Å². The summed E-state index contributed by atoms with van der Waals surface area (Å²) in [6, 6.07) is 5.88. The lowest BCUT2D eigenvalue weighted by Crippen LogP contribution is -2.29. The van der Waals surface area contributed by atoms with E-state index < -0.39 is 0 Å². The van der Waals surface area contributed by atoms with Crippen LogP contribution in [-0.2, 0) is 0 Å². The summed E-state index contributed by atoms with van der Waals surface area (Å²) in [7, 11) is 0. The van der Waals surface area contributed by atoms with E-state index in [0.29, 0.717) is 17.5 Å². The molecule has 1 N–H and O–H groups in total. The molecule has 0 spiro atoms. The first-order chi connectivity index (χ1) is 10.4. The minimum absolute atomic E-state index is 0.469. The molecule has 4 heterocycles. The van der Waals surface area contributed by atoms with Gasteiger partial charge in [0.15, 0.2) is 5.82 Å². The van der Waals surface area contributed by atoms with Crippen molar-refractivity contribution in [1.82, 2.24) is 29.9 Å². The Morgan fingerprint density at radius 2 is 2.05 bits per heavy atom. The van der Waals surface area contributed by atoms with Crippen LogP contribution in [-0.4, -0.2) is 37.7 Å². The van der Waals surface area contributed by atoms with Gasteiger partial charge >= 0.3 is 0 Å². The van der Waals surface area contributed by atoms with Gasteiger partial charge in [0, 0.05) is 36.6 Å². The zero-order valence-electron chi connectivity index (χ0n) is 11.6. The maximum absolute atomic E-state index is 4.65. The van der Waals surface area contributed by atoms with Gasteiger partial charge in [0.25, 0.3) is 5.78 Å². The number of nitrogens with one attached hydrogen (secondary N) is 1. The molecule has 1 fully saturated rings. The van der Waals surface area contributed by atoms with Crippen molar-refractivity contribution in [3.63, 3.8) is 0 Å². The molecule has 21 heavy (non-hydrogen) atoms. The van der Waals surface area contributed by atoms with Crippen molar-refractivity contribution in [3.8, 4) is 11.4 Å². The molecule has 1 atom stereocenters. The van der Waals surface area contributed by atoms with E-state index in [2.05, 4.69) is 31.4 Å². The Hall–Kier alpha value is -2.34. The topological polar surface area (TPSA) is 68.0 Å². The third-order valence-electron chi connectivity index (χ3n) is 3.92. The van der Waals surface area contributed by atoms with Crippen LogP contribution in [0.4, 0.5) is 0 Å². The fourth-order valence-electron chi connectivity index (χ4n) is 2.85. The highest BCUT2D eigenvalue weighted by atomic mass is 15.3. The summed E-state index contributed by atoms with van der Waals surface area (Å²) in [4.78, 5) is 12.9. The maximum Gasteiger partial charge on any atom is 0.252 e. The van der Waals surface area contributed by atoms with Gasteiger partial charge in [-0.25, -0.2) is 9.50 Å². The molecule has 1 saturated heterocycles. The van der Waals surface area contributed by atoms with Crippen molar-refractivity contribution in [2.24, 2.45) is 0 Å². The van der Waals surface area contributed by atoms with Crippen molar-refractivity contribution >= 4 is 5.78 Å². The van der Waals surface area contributed by atoms with Crippen molar-refractivity contribution in [2.45, 2.75) is 18.8 Å². The molecule has 0 saturated carbocycles. The SMILES string of the molecule is c1cc(-c2nc3nccc(C4CCCNC4)n3n2)ccn1. The Labute approximate surface area is 122 Å². The smallest absolute Gasteiger partial charge is 0.252 e. The number of piperidine rings is 1. The van der Waals surface area contributed by atoms with E-state index >= 15 is 0 Å². The van der Waals surface area contributed by atoms with Crippen LogP contribution in [0.5, 0.6) is 0 Å². The maximum atomic E-state index is 4.65. The Morgan fingerprint density at radius 3 is 2.86 bits per heavy atom. The quantitative estimate of drug-likeness (QED) is 0.773. The first kappa shape index (κ1) is 12.4. The van der Waals surface area contributed by atoms with E-state index in [1.807, 2.05) is 22.8 Å². The van der Waals surface area contributed by atoms with E-state index in [0.717, 1.165) is 18.7 Å².